The maximum atomic E-state index is 5.85. The van der Waals surface area contributed by atoms with E-state index < -0.39 is 0 Å². The fourth-order valence-electron chi connectivity index (χ4n) is 2.62. The van der Waals surface area contributed by atoms with Gasteiger partial charge < -0.3 is 15.2 Å². The van der Waals surface area contributed by atoms with Crippen LogP contribution in [-0.2, 0) is 13.0 Å². The molecule has 110 valence electrons. The zero-order valence-corrected chi connectivity index (χ0v) is 12.4. The Bertz CT molecular complexity index is 653. The molecule has 1 aromatic carbocycles. The fourth-order valence-corrected chi connectivity index (χ4v) is 2.62. The van der Waals surface area contributed by atoms with Crippen molar-refractivity contribution in [2.45, 2.75) is 32.9 Å². The van der Waals surface area contributed by atoms with Gasteiger partial charge in [-0.25, -0.2) is 0 Å². The molecule has 0 saturated heterocycles. The third kappa shape index (κ3) is 2.85. The number of aromatic nitrogens is 1. The fraction of sp³-hybridized carbons (Fsp3) is 0.353. The summed E-state index contributed by atoms with van der Waals surface area (Å²) >= 11 is 0. The zero-order chi connectivity index (χ0) is 14.8. The van der Waals surface area contributed by atoms with Gasteiger partial charge in [-0.3, -0.25) is 4.98 Å². The van der Waals surface area contributed by atoms with Crippen molar-refractivity contribution in [1.29, 1.82) is 0 Å². The van der Waals surface area contributed by atoms with E-state index in [0.717, 1.165) is 41.2 Å². The van der Waals surface area contributed by atoms with Gasteiger partial charge in [-0.15, -0.1) is 0 Å². The normalized spacial score (nSPS) is 13.1. The minimum atomic E-state index is 0.134. The Hall–Kier alpha value is -2.07. The van der Waals surface area contributed by atoms with Crippen LogP contribution in [-0.4, -0.2) is 17.7 Å². The zero-order valence-electron chi connectivity index (χ0n) is 12.4. The van der Waals surface area contributed by atoms with Crippen molar-refractivity contribution in [3.63, 3.8) is 0 Å². The van der Waals surface area contributed by atoms with Gasteiger partial charge in [0.1, 0.15) is 11.5 Å². The molecule has 4 nitrogen and oxygen atoms in total. The van der Waals surface area contributed by atoms with E-state index in [1.807, 2.05) is 26.1 Å². The summed E-state index contributed by atoms with van der Waals surface area (Å²) in [6.07, 6.45) is 4.66. The van der Waals surface area contributed by atoms with Crippen LogP contribution in [0.5, 0.6) is 11.5 Å². The molecule has 2 heterocycles. The first kappa shape index (κ1) is 13.9. The van der Waals surface area contributed by atoms with Crippen LogP contribution < -0.4 is 15.2 Å². The molecule has 0 radical (unpaired) electrons. The Labute approximate surface area is 124 Å². The summed E-state index contributed by atoms with van der Waals surface area (Å²) in [5, 5.41) is 0. The summed E-state index contributed by atoms with van der Waals surface area (Å²) in [4.78, 5) is 4.28. The van der Waals surface area contributed by atoms with E-state index in [0.29, 0.717) is 6.54 Å². The van der Waals surface area contributed by atoms with Crippen molar-refractivity contribution in [1.82, 2.24) is 4.98 Å². The van der Waals surface area contributed by atoms with Gasteiger partial charge in [0.2, 0.25) is 0 Å². The van der Waals surface area contributed by atoms with Crippen LogP contribution in [0.25, 0.3) is 11.1 Å². The summed E-state index contributed by atoms with van der Waals surface area (Å²) < 4.78 is 11.4. The van der Waals surface area contributed by atoms with E-state index in [9.17, 15) is 0 Å². The van der Waals surface area contributed by atoms with Gasteiger partial charge in [0.15, 0.2) is 0 Å². The number of nitrogens with zero attached hydrogens (tertiary/aromatic N) is 1. The van der Waals surface area contributed by atoms with E-state index in [1.54, 1.807) is 6.20 Å². The quantitative estimate of drug-likeness (QED) is 0.938. The molecule has 0 saturated carbocycles. The molecule has 0 spiro atoms. The van der Waals surface area contributed by atoms with Crippen LogP contribution in [0.2, 0.25) is 0 Å². The van der Waals surface area contributed by atoms with Gasteiger partial charge in [0.05, 0.1) is 18.9 Å². The van der Waals surface area contributed by atoms with E-state index >= 15 is 0 Å². The molecule has 2 aromatic rings. The topological polar surface area (TPSA) is 57.4 Å². The molecule has 0 atom stereocenters. The van der Waals surface area contributed by atoms with Crippen molar-refractivity contribution < 1.29 is 9.47 Å². The van der Waals surface area contributed by atoms with Crippen molar-refractivity contribution in [3.05, 3.63) is 41.7 Å². The number of ether oxygens (including phenoxy) is 2. The number of pyridine rings is 1. The van der Waals surface area contributed by atoms with Gasteiger partial charge in [0.25, 0.3) is 0 Å². The Morgan fingerprint density at radius 3 is 2.86 bits per heavy atom. The smallest absolute Gasteiger partial charge is 0.138 e. The second kappa shape index (κ2) is 5.74. The average Bonchev–Trinajstić information content (AvgIpc) is 2.94. The number of hydrogen-bond acceptors (Lipinski definition) is 4. The molecule has 0 unspecified atom stereocenters. The second-order valence-electron chi connectivity index (χ2n) is 5.50. The van der Waals surface area contributed by atoms with Crippen LogP contribution in [0.1, 0.15) is 25.0 Å². The summed E-state index contributed by atoms with van der Waals surface area (Å²) in [5.41, 5.74) is 10.3. The molecule has 0 amide bonds. The lowest BCUT2D eigenvalue weighted by atomic mass is 9.99. The number of rotatable bonds is 4. The van der Waals surface area contributed by atoms with Gasteiger partial charge in [0, 0.05) is 30.3 Å². The van der Waals surface area contributed by atoms with Gasteiger partial charge in [-0.1, -0.05) is 0 Å². The van der Waals surface area contributed by atoms with Gasteiger partial charge in [-0.2, -0.15) is 0 Å². The van der Waals surface area contributed by atoms with Gasteiger partial charge in [-0.05, 0) is 43.2 Å². The summed E-state index contributed by atoms with van der Waals surface area (Å²) in [5.74, 6) is 1.75. The Morgan fingerprint density at radius 1 is 1.24 bits per heavy atom. The minimum Gasteiger partial charge on any atom is -0.493 e. The maximum absolute atomic E-state index is 5.85. The van der Waals surface area contributed by atoms with Crippen molar-refractivity contribution >= 4 is 0 Å². The Morgan fingerprint density at radius 2 is 2.10 bits per heavy atom. The van der Waals surface area contributed by atoms with Crippen LogP contribution in [0.15, 0.2) is 30.6 Å². The van der Waals surface area contributed by atoms with Crippen LogP contribution in [0.4, 0.5) is 0 Å². The molecule has 1 aromatic heterocycles. The molecule has 1 aliphatic heterocycles. The van der Waals surface area contributed by atoms with E-state index in [-0.39, 0.29) is 6.10 Å². The highest BCUT2D eigenvalue weighted by Gasteiger charge is 2.17. The lowest BCUT2D eigenvalue weighted by Gasteiger charge is -2.12. The van der Waals surface area contributed by atoms with Crippen LogP contribution in [0.3, 0.4) is 0 Å². The number of benzene rings is 1. The third-order valence-corrected chi connectivity index (χ3v) is 3.50. The molecule has 3 rings (SSSR count). The first-order chi connectivity index (χ1) is 10.2. The van der Waals surface area contributed by atoms with Gasteiger partial charge >= 0.3 is 0 Å². The molecule has 0 aliphatic carbocycles. The van der Waals surface area contributed by atoms with Crippen LogP contribution >= 0.6 is 0 Å². The number of fused-ring (bicyclic) bond motifs is 1. The molecule has 21 heavy (non-hydrogen) atoms. The first-order valence-electron chi connectivity index (χ1n) is 7.28. The molecule has 0 fully saturated rings. The number of nitrogens with two attached hydrogens (primary N) is 1. The highest BCUT2D eigenvalue weighted by molar-refractivity contribution is 5.68. The molecule has 4 heteroatoms. The lowest BCUT2D eigenvalue weighted by Crippen LogP contribution is -2.05. The van der Waals surface area contributed by atoms with Crippen LogP contribution in [0, 0.1) is 0 Å². The minimum absolute atomic E-state index is 0.134. The second-order valence-corrected chi connectivity index (χ2v) is 5.50. The summed E-state index contributed by atoms with van der Waals surface area (Å²) in [7, 11) is 0. The predicted octanol–water partition coefficient (Wildman–Crippen LogP) is 2.93. The monoisotopic (exact) mass is 284 g/mol. The molecule has 1 aliphatic rings. The molecule has 0 bridgehead atoms. The Balaban J connectivity index is 2.00. The largest absolute Gasteiger partial charge is 0.493 e. The van der Waals surface area contributed by atoms with E-state index in [2.05, 4.69) is 17.1 Å². The highest BCUT2D eigenvalue weighted by Crippen LogP contribution is 2.35. The van der Waals surface area contributed by atoms with Crippen molar-refractivity contribution in [2.24, 2.45) is 5.73 Å². The van der Waals surface area contributed by atoms with E-state index in [4.69, 9.17) is 15.2 Å². The molecular formula is C17H20N2O2. The average molecular weight is 284 g/mol. The lowest BCUT2D eigenvalue weighted by molar-refractivity contribution is 0.241. The van der Waals surface area contributed by atoms with Crippen molar-refractivity contribution in [2.75, 3.05) is 6.61 Å². The SMILES string of the molecule is CC(C)Oc1cncc(-c2cc(CN)c3c(c2)CCO3)c1. The standard InChI is InChI=1S/C17H20N2O2/c1-11(2)21-16-7-15(9-19-10-16)13-5-12-3-4-20-17(12)14(6-13)8-18/h5-7,9-11H,3-4,8,18H2,1-2H3. The predicted molar refractivity (Wildman–Crippen MR) is 82.5 cm³/mol. The summed E-state index contributed by atoms with van der Waals surface area (Å²) in [6, 6.07) is 6.27. The van der Waals surface area contributed by atoms with Crippen molar-refractivity contribution in [3.8, 4) is 22.6 Å². The molecule has 2 N–H and O–H groups in total. The third-order valence-electron chi connectivity index (χ3n) is 3.50. The first-order valence-corrected chi connectivity index (χ1v) is 7.28. The maximum Gasteiger partial charge on any atom is 0.138 e. The molecular weight excluding hydrogens is 264 g/mol. The van der Waals surface area contributed by atoms with E-state index in [1.165, 1.54) is 5.56 Å². The number of hydrogen-bond donors (Lipinski definition) is 1. The highest BCUT2D eigenvalue weighted by atomic mass is 16.5. The Kier molecular flexibility index (Phi) is 3.80. The summed E-state index contributed by atoms with van der Waals surface area (Å²) in [6.45, 7) is 5.23.